The number of aryl methyl sites for hydroxylation is 1. The molecule has 141 heavy (non-hydrogen) atoms. The molecule has 0 spiro atoms. The zero-order valence-corrected chi connectivity index (χ0v) is 79.8. The summed E-state index contributed by atoms with van der Waals surface area (Å²) in [4.78, 5) is 65.4. The number of aromatic nitrogens is 11. The van der Waals surface area contributed by atoms with Gasteiger partial charge in [-0.25, -0.2) is 52.7 Å². The van der Waals surface area contributed by atoms with Crippen molar-refractivity contribution in [3.05, 3.63) is 271 Å². The van der Waals surface area contributed by atoms with Crippen molar-refractivity contribution in [2.45, 2.75) is 169 Å². The highest BCUT2D eigenvalue weighted by Gasteiger charge is 2.35. The van der Waals surface area contributed by atoms with Crippen molar-refractivity contribution < 1.29 is 46.5 Å². The van der Waals surface area contributed by atoms with Crippen LogP contribution in [0.15, 0.2) is 244 Å². The van der Waals surface area contributed by atoms with Crippen molar-refractivity contribution in [3.63, 3.8) is 0 Å². The number of anilines is 4. The molecule has 5 saturated carbocycles. The molecule has 21 rings (SSSR count). The average molecular weight is 1900 g/mol. The fourth-order valence-corrected chi connectivity index (χ4v) is 19.3. The summed E-state index contributed by atoms with van der Waals surface area (Å²) in [6.07, 6.45) is 23.4. The van der Waals surface area contributed by atoms with Crippen LogP contribution in [0.3, 0.4) is 0 Å². The van der Waals surface area contributed by atoms with Gasteiger partial charge in [-0.05, 0) is 286 Å². The van der Waals surface area contributed by atoms with Crippen molar-refractivity contribution in [1.29, 1.82) is 21.0 Å². The summed E-state index contributed by atoms with van der Waals surface area (Å²) < 4.78 is 64.7. The molecular formula is C110H104N20O10S. The molecule has 0 radical (unpaired) electrons. The highest BCUT2D eigenvalue weighted by atomic mass is 32.2. The van der Waals surface area contributed by atoms with Crippen LogP contribution in [0, 0.1) is 70.0 Å². The highest BCUT2D eigenvalue weighted by molar-refractivity contribution is 7.92. The molecule has 5 aliphatic rings. The van der Waals surface area contributed by atoms with E-state index >= 15 is 0 Å². The quantitative estimate of drug-likeness (QED) is 0.0319. The number of sulfonamides is 1. The van der Waals surface area contributed by atoms with E-state index in [4.69, 9.17) is 23.7 Å². The molecule has 8 aromatic heterocycles. The number of urea groups is 1. The first-order valence-corrected chi connectivity index (χ1v) is 49.2. The van der Waals surface area contributed by atoms with Crippen LogP contribution < -0.4 is 40.2 Å². The molecule has 5 N–H and O–H groups in total. The van der Waals surface area contributed by atoms with Crippen molar-refractivity contribution >= 4 is 94.6 Å². The Morgan fingerprint density at radius 3 is 1.21 bits per heavy atom. The minimum atomic E-state index is -3.38. The average Bonchev–Trinajstić information content (AvgIpc) is 1.58. The van der Waals surface area contributed by atoms with E-state index in [2.05, 4.69) is 109 Å². The second kappa shape index (κ2) is 42.1. The maximum Gasteiger partial charge on any atom is 0.411 e. The van der Waals surface area contributed by atoms with Crippen LogP contribution in [-0.2, 0) is 32.6 Å². The van der Waals surface area contributed by atoms with Gasteiger partial charge in [0.2, 0.25) is 10.0 Å². The Labute approximate surface area is 816 Å². The monoisotopic (exact) mass is 1900 g/mol. The molecule has 0 unspecified atom stereocenters. The standard InChI is InChI=1S/C28H27N5O3.C28H27N5O.C27H25N5O3S.C27H25N5O3/c1-17(2)35-28(34)32-24-10-7-20(13-18(24)3)26-23(15-29)22-9-8-21(36-27-30-11-4-12-31-27)14-25(22)33(26)16-19-5-6-19;1-18(2)31-28(34)32-21-12-9-19(10-13-21)27-24(17-29)23-14-11-20(25-8-3-4-15-30-25)16-26(23)33(27)22-6-5-7-22;28-16-24-23-12-11-22(35-27-29-13-2-14-30-27)15-25(23)32(21-9-10-21)26(24)19-5-7-20(8-6-19)31-36(33,34)17-18-3-1-4-18;1-17(2)34-27(33)31-20-8-6-19(7-9-20)25-23(15-28)22-11-10-21(35-26-29-12-3-13-30-26)14-24(22)32(25)16-18-4-5-18/h4,7-14,17,19H,5-6,16H2,1-3H3,(H,32,34);3-4,8-16,18,22H,5-7H2,1-2H3,(H2,31,32,34);2,5-8,11-15,18,21,31H,1,3-4,9-10,17H2;3,6-14,17-18H,4-5,16H2,1-2H3,(H,31,33). The molecule has 5 aliphatic carbocycles. The number of ether oxygens (including phenoxy) is 5. The largest absolute Gasteiger partial charge is 0.447 e. The van der Waals surface area contributed by atoms with Gasteiger partial charge in [-0.3, -0.25) is 20.3 Å². The van der Waals surface area contributed by atoms with Gasteiger partial charge in [-0.1, -0.05) is 67.1 Å². The van der Waals surface area contributed by atoms with Gasteiger partial charge in [0.15, 0.2) is 0 Å². The van der Waals surface area contributed by atoms with E-state index in [1.165, 1.54) is 32.1 Å². The Morgan fingerprint density at radius 2 is 0.794 bits per heavy atom. The minimum Gasteiger partial charge on any atom is -0.447 e. The lowest BCUT2D eigenvalue weighted by molar-refractivity contribution is 0.129. The molecule has 5 fully saturated rings. The topological polar surface area (TPSA) is 397 Å². The number of carbonyl (C=O) groups is 3. The molecule has 31 heteroatoms. The van der Waals surface area contributed by atoms with Crippen LogP contribution in [0.4, 0.5) is 37.1 Å². The van der Waals surface area contributed by atoms with Gasteiger partial charge < -0.3 is 52.6 Å². The summed E-state index contributed by atoms with van der Waals surface area (Å²) in [5.41, 5.74) is 18.9. The summed E-state index contributed by atoms with van der Waals surface area (Å²) in [5, 5.41) is 55.4. The van der Waals surface area contributed by atoms with Crippen molar-refractivity contribution in [2.75, 3.05) is 26.4 Å². The molecule has 0 aliphatic heterocycles. The zero-order valence-electron chi connectivity index (χ0n) is 79.0. The van der Waals surface area contributed by atoms with Crippen LogP contribution >= 0.6 is 0 Å². The number of pyridine rings is 1. The molecule has 0 bridgehead atoms. The van der Waals surface area contributed by atoms with Gasteiger partial charge in [0.05, 0.1) is 90.8 Å². The van der Waals surface area contributed by atoms with Crippen LogP contribution in [0.25, 0.3) is 99.9 Å². The Bertz CT molecular complexity index is 7620. The van der Waals surface area contributed by atoms with E-state index in [0.29, 0.717) is 86.2 Å². The third-order valence-electron chi connectivity index (χ3n) is 25.1. The van der Waals surface area contributed by atoms with Crippen molar-refractivity contribution in [3.8, 4) is 116 Å². The number of benzene rings is 8. The van der Waals surface area contributed by atoms with Gasteiger partial charge in [0.1, 0.15) is 41.5 Å². The van der Waals surface area contributed by atoms with Crippen LogP contribution in [-0.4, -0.2) is 104 Å². The van der Waals surface area contributed by atoms with Gasteiger partial charge in [0, 0.05) is 143 Å². The number of hydrogen-bond acceptors (Lipinski definition) is 21. The SMILES string of the molecule is CC(C)NC(=O)Nc1ccc(-c2c(C#N)c3ccc(-c4ccccn4)cc3n2C2CCC2)cc1.CC(C)OC(=O)Nc1ccc(-c2c(C#N)c3ccc(Oc4ncccn4)cc3n2CC2CC2)cc1.Cc1cc(-c2c(C#N)c3ccc(Oc4ncccn4)cc3n2CC2CC2)ccc1NC(=O)OC(C)C.N#Cc1c(-c2ccc(NS(=O)(=O)CC3CCC3)cc2)n(C2CC2)c2cc(Oc3ncccn3)ccc12. The Hall–Kier alpha value is -16.8. The second-order valence-corrected chi connectivity index (χ2v) is 38.5. The lowest BCUT2D eigenvalue weighted by Gasteiger charge is -2.30. The third-order valence-corrected chi connectivity index (χ3v) is 26.6. The molecule has 16 aromatic rings. The summed E-state index contributed by atoms with van der Waals surface area (Å²) >= 11 is 0. The first-order chi connectivity index (χ1) is 68.5. The number of nitrogens with one attached hydrogen (secondary N) is 5. The zero-order chi connectivity index (χ0) is 98.0. The second-order valence-electron chi connectivity index (χ2n) is 36.7. The van der Waals surface area contributed by atoms with Gasteiger partial charge in [0.25, 0.3) is 0 Å². The molecule has 4 amide bonds. The van der Waals surface area contributed by atoms with Crippen molar-refractivity contribution in [1.82, 2.24) is 58.5 Å². The molecule has 8 aromatic carbocycles. The molecular weight excluding hydrogens is 1790 g/mol. The molecule has 0 saturated heterocycles. The number of nitriles is 4. The third kappa shape index (κ3) is 22.3. The van der Waals surface area contributed by atoms with Crippen molar-refractivity contribution in [2.24, 2.45) is 17.8 Å². The summed E-state index contributed by atoms with van der Waals surface area (Å²) in [7, 11) is -3.38. The van der Waals surface area contributed by atoms with Gasteiger partial charge in [-0.15, -0.1) is 0 Å². The molecule has 710 valence electrons. The number of fused-ring (bicyclic) bond motifs is 4. The number of rotatable bonds is 27. The maximum atomic E-state index is 12.5. The minimum absolute atomic E-state index is 0.0617. The summed E-state index contributed by atoms with van der Waals surface area (Å²) in [6, 6.07) is 73.7. The summed E-state index contributed by atoms with van der Waals surface area (Å²) in [5.74, 6) is 3.42. The first kappa shape index (κ1) is 94.6. The number of hydrogen-bond donors (Lipinski definition) is 5. The lowest BCUT2D eigenvalue weighted by Crippen LogP contribution is -2.34. The smallest absolute Gasteiger partial charge is 0.411 e. The first-order valence-electron chi connectivity index (χ1n) is 47.5. The van der Waals surface area contributed by atoms with E-state index in [-0.39, 0.29) is 54.0 Å². The lowest BCUT2D eigenvalue weighted by atomic mass is 9.87. The number of carbonyl (C=O) groups excluding carboxylic acids is 3. The van der Waals surface area contributed by atoms with Crippen LogP contribution in [0.2, 0.25) is 0 Å². The molecule has 30 nitrogen and oxygen atoms in total. The van der Waals surface area contributed by atoms with E-state index in [0.717, 1.165) is 163 Å². The van der Waals surface area contributed by atoms with E-state index in [1.807, 2.05) is 185 Å². The van der Waals surface area contributed by atoms with E-state index in [1.54, 1.807) is 101 Å². The van der Waals surface area contributed by atoms with E-state index < -0.39 is 22.2 Å². The Kier molecular flexibility index (Phi) is 28.2. The van der Waals surface area contributed by atoms with Crippen LogP contribution in [0.1, 0.15) is 158 Å². The fourth-order valence-electron chi connectivity index (χ4n) is 17.7. The molecule has 8 heterocycles. The fraction of sp³-hybridized carbons (Fsp3) is 0.273. The normalized spacial score (nSPS) is 13.8. The van der Waals surface area contributed by atoms with Gasteiger partial charge in [-0.2, -0.15) is 21.0 Å². The number of amides is 4. The van der Waals surface area contributed by atoms with Crippen LogP contribution in [0.5, 0.6) is 35.3 Å². The predicted octanol–water partition coefficient (Wildman–Crippen LogP) is 24.7. The predicted molar refractivity (Wildman–Crippen MR) is 542 cm³/mol. The Morgan fingerprint density at radius 1 is 0.397 bits per heavy atom. The van der Waals surface area contributed by atoms with E-state index in [9.17, 15) is 43.8 Å². The van der Waals surface area contributed by atoms with Gasteiger partial charge >= 0.3 is 36.2 Å². The Balaban J connectivity index is 0.000000124. The summed E-state index contributed by atoms with van der Waals surface area (Å²) in [6.45, 7) is 14.6. The molecule has 0 atom stereocenters. The maximum absolute atomic E-state index is 12.5. The highest BCUT2D eigenvalue weighted by Crippen LogP contribution is 2.49. The number of nitrogens with zero attached hydrogens (tertiary/aromatic N) is 15.